The first kappa shape index (κ1) is 30.8. The van der Waals surface area contributed by atoms with E-state index in [-0.39, 0.29) is 22.6 Å². The van der Waals surface area contributed by atoms with Crippen molar-refractivity contribution in [2.24, 2.45) is 14.1 Å². The number of benzene rings is 1. The Labute approximate surface area is 259 Å². The van der Waals surface area contributed by atoms with Gasteiger partial charge in [-0.25, -0.2) is 9.48 Å². The van der Waals surface area contributed by atoms with E-state index in [1.807, 2.05) is 0 Å². The molecule has 5 rings (SSSR count). The molecule has 0 aliphatic carbocycles. The highest BCUT2D eigenvalue weighted by Crippen LogP contribution is 2.41. The maximum absolute atomic E-state index is 13.5. The number of pyridine rings is 1. The summed E-state index contributed by atoms with van der Waals surface area (Å²) in [6.07, 6.45) is 1.47. The minimum atomic E-state index is -1.25. The lowest BCUT2D eigenvalue weighted by atomic mass is 10.0. The van der Waals surface area contributed by atoms with Crippen molar-refractivity contribution in [2.45, 2.75) is 29.5 Å². The van der Waals surface area contributed by atoms with Crippen LogP contribution in [0.3, 0.4) is 0 Å². The number of carbonyl (C=O) groups is 4. The summed E-state index contributed by atoms with van der Waals surface area (Å²) in [7, 11) is 3.40. The lowest BCUT2D eigenvalue weighted by Crippen LogP contribution is -2.71. The van der Waals surface area contributed by atoms with Crippen LogP contribution in [-0.2, 0) is 33.3 Å². The van der Waals surface area contributed by atoms with E-state index in [1.54, 1.807) is 55.9 Å². The number of thioether (sulfide) groups is 2. The molecule has 3 amide bonds. The summed E-state index contributed by atoms with van der Waals surface area (Å²) in [5.41, 5.74) is 1.19. The van der Waals surface area contributed by atoms with Gasteiger partial charge in [-0.1, -0.05) is 42.1 Å². The normalized spacial score (nSPS) is 18.2. The first-order valence-electron chi connectivity index (χ1n) is 13.2. The fourth-order valence-corrected chi connectivity index (χ4v) is 6.97. The van der Waals surface area contributed by atoms with Crippen LogP contribution in [-0.4, -0.2) is 88.0 Å². The van der Waals surface area contributed by atoms with Crippen LogP contribution >= 0.6 is 23.5 Å². The van der Waals surface area contributed by atoms with Crippen molar-refractivity contribution in [3.05, 3.63) is 75.3 Å². The van der Waals surface area contributed by atoms with E-state index in [2.05, 4.69) is 26.2 Å². The number of nitrogens with one attached hydrogen (secondary N) is 2. The smallest absolute Gasteiger partial charge is 0.352 e. The second-order valence-corrected chi connectivity index (χ2v) is 12.0. The number of hydrogen-bond acceptors (Lipinski definition) is 11. The number of carbonyl (C=O) groups excluding carboxylic acids is 3. The van der Waals surface area contributed by atoms with Gasteiger partial charge in [0.15, 0.2) is 12.4 Å². The van der Waals surface area contributed by atoms with Gasteiger partial charge < -0.3 is 25.0 Å². The second-order valence-electron chi connectivity index (χ2n) is 9.98. The minimum absolute atomic E-state index is 0.0169. The van der Waals surface area contributed by atoms with E-state index >= 15 is 0 Å². The highest BCUT2D eigenvalue weighted by Gasteiger charge is 2.54. The van der Waals surface area contributed by atoms with Crippen LogP contribution in [0.2, 0.25) is 0 Å². The molecule has 2 aliphatic rings. The van der Waals surface area contributed by atoms with Crippen molar-refractivity contribution in [1.29, 1.82) is 0 Å². The monoisotopic (exact) mass is 640 g/mol. The lowest BCUT2D eigenvalue weighted by Gasteiger charge is -2.49. The SMILES string of the molecule is Cc1cc(=O)c(OCC(=O)N[C@@H](C(=O)NC2C(=O)N3C(C(=O)O)=C(CSc4nnnn4C)CS[C@H]23)c2ccccc2)cn1C. The minimum Gasteiger partial charge on any atom is -0.478 e. The molecular weight excluding hydrogens is 612 g/mol. The molecule has 3 N–H and O–H groups in total. The third kappa shape index (κ3) is 6.33. The fraction of sp³-hybridized carbons (Fsp3) is 0.333. The zero-order chi connectivity index (χ0) is 31.5. The predicted octanol–water partition coefficient (Wildman–Crippen LogP) is -0.0156. The van der Waals surface area contributed by atoms with Crippen LogP contribution in [0.15, 0.2) is 63.8 Å². The predicted molar refractivity (Wildman–Crippen MR) is 158 cm³/mol. The summed E-state index contributed by atoms with van der Waals surface area (Å²) in [6.45, 7) is 1.23. The van der Waals surface area contributed by atoms with Gasteiger partial charge in [0.25, 0.3) is 11.8 Å². The summed E-state index contributed by atoms with van der Waals surface area (Å²) >= 11 is 2.58. The Morgan fingerprint density at radius 2 is 1.95 bits per heavy atom. The molecule has 2 aliphatic heterocycles. The molecule has 3 aromatic rings. The number of carboxylic acids is 1. The Hall–Kier alpha value is -4.64. The molecule has 15 nitrogen and oxygen atoms in total. The number of amides is 3. The average Bonchev–Trinajstić information content (AvgIpc) is 3.42. The van der Waals surface area contributed by atoms with Gasteiger partial charge >= 0.3 is 5.97 Å². The number of β-lactam (4-membered cyclic amide) rings is 1. The molecule has 1 fully saturated rings. The molecule has 0 bridgehead atoms. The second kappa shape index (κ2) is 12.9. The number of aromatic nitrogens is 5. The molecule has 4 heterocycles. The highest BCUT2D eigenvalue weighted by atomic mass is 32.2. The van der Waals surface area contributed by atoms with Crippen molar-refractivity contribution < 1.29 is 29.0 Å². The number of aliphatic carboxylic acids is 1. The molecule has 0 spiro atoms. The highest BCUT2D eigenvalue weighted by molar-refractivity contribution is 8.01. The van der Waals surface area contributed by atoms with Crippen LogP contribution in [0.1, 0.15) is 17.3 Å². The molecule has 44 heavy (non-hydrogen) atoms. The Bertz CT molecular complexity index is 1710. The Kier molecular flexibility index (Phi) is 9.05. The van der Waals surface area contributed by atoms with Crippen LogP contribution in [0.5, 0.6) is 5.75 Å². The van der Waals surface area contributed by atoms with Crippen LogP contribution in [0, 0.1) is 6.92 Å². The van der Waals surface area contributed by atoms with Gasteiger partial charge in [-0.15, -0.1) is 16.9 Å². The summed E-state index contributed by atoms with van der Waals surface area (Å²) in [5.74, 6) is -2.60. The van der Waals surface area contributed by atoms with Gasteiger partial charge in [-0.05, 0) is 28.5 Å². The van der Waals surface area contributed by atoms with Crippen molar-refractivity contribution in [2.75, 3.05) is 18.1 Å². The standard InChI is InChI=1S/C27H28N8O7S2/c1-14-9-17(36)18(10-33(14)2)42-11-19(37)28-20(15-7-5-4-6-8-15)23(38)29-21-24(39)35-22(26(40)41)16(12-43-25(21)35)13-44-27-30-31-32-34(27)3/h4-10,20-21,25H,11-13H2,1-3H3,(H,28,37)(H,29,38)(H,40,41)/t20-,21?,25-/m1/s1. The van der Waals surface area contributed by atoms with Crippen LogP contribution in [0.25, 0.3) is 0 Å². The maximum Gasteiger partial charge on any atom is 0.352 e. The van der Waals surface area contributed by atoms with E-state index in [4.69, 9.17) is 4.74 Å². The van der Waals surface area contributed by atoms with Crippen molar-refractivity contribution in [3.8, 4) is 5.75 Å². The molecule has 0 radical (unpaired) electrons. The van der Waals surface area contributed by atoms with Crippen LogP contribution in [0.4, 0.5) is 0 Å². The van der Waals surface area contributed by atoms with E-state index in [0.29, 0.717) is 27.7 Å². The van der Waals surface area contributed by atoms with Gasteiger partial charge in [0.1, 0.15) is 23.2 Å². The molecule has 1 aromatic carbocycles. The number of aryl methyl sites for hydroxylation is 3. The third-order valence-corrected chi connectivity index (χ3v) is 9.45. The summed E-state index contributed by atoms with van der Waals surface area (Å²) < 4.78 is 8.57. The molecule has 3 atom stereocenters. The molecule has 0 saturated carbocycles. The third-order valence-electron chi connectivity index (χ3n) is 7.01. The largest absolute Gasteiger partial charge is 0.478 e. The van der Waals surface area contributed by atoms with Gasteiger partial charge in [-0.2, -0.15) is 0 Å². The van der Waals surface area contributed by atoms with Crippen molar-refractivity contribution in [3.63, 3.8) is 0 Å². The van der Waals surface area contributed by atoms with Crippen molar-refractivity contribution >= 4 is 47.2 Å². The number of ether oxygens (including phenoxy) is 1. The van der Waals surface area contributed by atoms with E-state index < -0.39 is 47.8 Å². The Morgan fingerprint density at radius 3 is 2.64 bits per heavy atom. The number of hydrogen-bond donors (Lipinski definition) is 3. The molecule has 230 valence electrons. The first-order valence-corrected chi connectivity index (χ1v) is 15.3. The summed E-state index contributed by atoms with van der Waals surface area (Å²) in [6, 6.07) is 7.63. The van der Waals surface area contributed by atoms with E-state index in [0.717, 1.165) is 0 Å². The van der Waals surface area contributed by atoms with E-state index in [1.165, 1.54) is 45.4 Å². The molecule has 1 unspecified atom stereocenters. The first-order chi connectivity index (χ1) is 21.0. The summed E-state index contributed by atoms with van der Waals surface area (Å²) in [5, 5.41) is 26.3. The summed E-state index contributed by atoms with van der Waals surface area (Å²) in [4.78, 5) is 65.2. The quantitative estimate of drug-likeness (QED) is 0.188. The Balaban J connectivity index is 1.27. The number of carboxylic acid groups (broad SMARTS) is 1. The fourth-order valence-electron chi connectivity index (χ4n) is 4.63. The van der Waals surface area contributed by atoms with Gasteiger partial charge in [0, 0.05) is 43.6 Å². The Morgan fingerprint density at radius 1 is 1.20 bits per heavy atom. The molecule has 1 saturated heterocycles. The van der Waals surface area contributed by atoms with Gasteiger partial charge in [-0.3, -0.25) is 24.1 Å². The zero-order valence-corrected chi connectivity index (χ0v) is 25.4. The lowest BCUT2D eigenvalue weighted by molar-refractivity contribution is -0.151. The maximum atomic E-state index is 13.5. The molecule has 2 aromatic heterocycles. The average molecular weight is 641 g/mol. The molecular formula is C27H28N8O7S2. The van der Waals surface area contributed by atoms with E-state index in [9.17, 15) is 29.1 Å². The van der Waals surface area contributed by atoms with Crippen molar-refractivity contribution in [1.82, 2.24) is 40.3 Å². The number of rotatable bonds is 11. The molecule has 17 heteroatoms. The number of nitrogens with zero attached hydrogens (tertiary/aromatic N) is 6. The zero-order valence-electron chi connectivity index (χ0n) is 23.8. The van der Waals surface area contributed by atoms with Crippen LogP contribution < -0.4 is 20.8 Å². The number of fused-ring (bicyclic) bond motifs is 1. The van der Waals surface area contributed by atoms with Gasteiger partial charge in [0.05, 0.1) is 0 Å². The topological polar surface area (TPSA) is 191 Å². The number of tetrazole rings is 1. The van der Waals surface area contributed by atoms with Gasteiger partial charge in [0.2, 0.25) is 16.5 Å².